The SMILES string of the molecule is C=C(N)c1ccc(N)cc1. The average molecular weight is 134 g/mol. The molecule has 0 aliphatic carbocycles. The Morgan fingerprint density at radius 1 is 1.20 bits per heavy atom. The van der Waals surface area contributed by atoms with E-state index < -0.39 is 0 Å². The van der Waals surface area contributed by atoms with Crippen molar-refractivity contribution < 1.29 is 0 Å². The van der Waals surface area contributed by atoms with E-state index in [1.807, 2.05) is 12.1 Å². The molecular weight excluding hydrogens is 124 g/mol. The Labute approximate surface area is 60.2 Å². The van der Waals surface area contributed by atoms with Gasteiger partial charge in [-0.05, 0) is 17.7 Å². The Kier molecular flexibility index (Phi) is 1.63. The first-order valence-electron chi connectivity index (χ1n) is 3.00. The van der Waals surface area contributed by atoms with Crippen LogP contribution in [0.25, 0.3) is 5.70 Å². The Morgan fingerprint density at radius 2 is 1.70 bits per heavy atom. The minimum atomic E-state index is 0.569. The van der Waals surface area contributed by atoms with Gasteiger partial charge in [-0.3, -0.25) is 0 Å². The predicted octanol–water partition coefficient (Wildman–Crippen LogP) is 1.20. The fourth-order valence-electron chi connectivity index (χ4n) is 0.697. The zero-order valence-corrected chi connectivity index (χ0v) is 5.67. The zero-order valence-electron chi connectivity index (χ0n) is 5.67. The van der Waals surface area contributed by atoms with Gasteiger partial charge in [-0.1, -0.05) is 18.7 Å². The van der Waals surface area contributed by atoms with E-state index >= 15 is 0 Å². The van der Waals surface area contributed by atoms with Gasteiger partial charge in [-0.25, -0.2) is 0 Å². The smallest absolute Gasteiger partial charge is 0.0314 e. The van der Waals surface area contributed by atoms with Gasteiger partial charge in [0.25, 0.3) is 0 Å². The molecule has 0 fully saturated rings. The van der Waals surface area contributed by atoms with Gasteiger partial charge in [-0.15, -0.1) is 0 Å². The van der Waals surface area contributed by atoms with Crippen molar-refractivity contribution in [3.63, 3.8) is 0 Å². The van der Waals surface area contributed by atoms with E-state index in [4.69, 9.17) is 11.5 Å². The maximum absolute atomic E-state index is 5.46. The molecule has 1 aromatic carbocycles. The number of rotatable bonds is 1. The highest BCUT2D eigenvalue weighted by Gasteiger charge is 1.90. The molecule has 0 amide bonds. The van der Waals surface area contributed by atoms with Crippen LogP contribution in [-0.2, 0) is 0 Å². The van der Waals surface area contributed by atoms with Crippen molar-refractivity contribution in [2.24, 2.45) is 5.73 Å². The van der Waals surface area contributed by atoms with E-state index in [0.29, 0.717) is 5.70 Å². The van der Waals surface area contributed by atoms with E-state index in [1.165, 1.54) is 0 Å². The molecule has 0 aromatic heterocycles. The van der Waals surface area contributed by atoms with E-state index in [1.54, 1.807) is 12.1 Å². The summed E-state index contributed by atoms with van der Waals surface area (Å²) in [4.78, 5) is 0. The molecule has 0 radical (unpaired) electrons. The third-order valence-corrected chi connectivity index (χ3v) is 1.28. The van der Waals surface area contributed by atoms with Crippen LogP contribution in [0.3, 0.4) is 0 Å². The van der Waals surface area contributed by atoms with Crippen molar-refractivity contribution in [2.75, 3.05) is 5.73 Å². The number of nitrogen functional groups attached to an aromatic ring is 1. The Hall–Kier alpha value is -1.44. The molecule has 2 heteroatoms. The second kappa shape index (κ2) is 2.43. The molecule has 0 saturated heterocycles. The molecule has 0 spiro atoms. The third-order valence-electron chi connectivity index (χ3n) is 1.28. The molecular formula is C8H10N2. The average Bonchev–Trinajstić information content (AvgIpc) is 1.88. The molecule has 0 heterocycles. The number of benzene rings is 1. The lowest BCUT2D eigenvalue weighted by Crippen LogP contribution is -1.93. The van der Waals surface area contributed by atoms with Crippen molar-refractivity contribution in [2.45, 2.75) is 0 Å². The molecule has 0 aliphatic heterocycles. The fourth-order valence-corrected chi connectivity index (χ4v) is 0.697. The summed E-state index contributed by atoms with van der Waals surface area (Å²) in [5.74, 6) is 0. The minimum absolute atomic E-state index is 0.569. The maximum Gasteiger partial charge on any atom is 0.0314 e. The van der Waals surface area contributed by atoms with Crippen LogP contribution in [0, 0.1) is 0 Å². The Morgan fingerprint density at radius 3 is 2.10 bits per heavy atom. The zero-order chi connectivity index (χ0) is 7.56. The standard InChI is InChI=1S/C8H10N2/c1-6(9)7-2-4-8(10)5-3-7/h2-5H,1,9-10H2. The van der Waals surface area contributed by atoms with Crippen LogP contribution in [0.5, 0.6) is 0 Å². The molecule has 0 saturated carbocycles. The summed E-state index contributed by atoms with van der Waals surface area (Å²) in [5, 5.41) is 0. The second-order valence-electron chi connectivity index (χ2n) is 2.15. The first kappa shape index (κ1) is 6.68. The third kappa shape index (κ3) is 1.29. The van der Waals surface area contributed by atoms with Gasteiger partial charge in [0, 0.05) is 11.4 Å². The molecule has 1 aromatic rings. The molecule has 1 rings (SSSR count). The van der Waals surface area contributed by atoms with Crippen LogP contribution in [0.1, 0.15) is 5.56 Å². The maximum atomic E-state index is 5.46. The van der Waals surface area contributed by atoms with Gasteiger partial charge in [0.05, 0.1) is 0 Å². The first-order chi connectivity index (χ1) is 4.70. The summed E-state index contributed by atoms with van der Waals surface area (Å²) >= 11 is 0. The van der Waals surface area contributed by atoms with Crippen LogP contribution in [0.4, 0.5) is 5.69 Å². The highest BCUT2D eigenvalue weighted by atomic mass is 14.6. The topological polar surface area (TPSA) is 52.0 Å². The van der Waals surface area contributed by atoms with E-state index in [-0.39, 0.29) is 0 Å². The van der Waals surface area contributed by atoms with Crippen molar-refractivity contribution in [1.29, 1.82) is 0 Å². The van der Waals surface area contributed by atoms with Gasteiger partial charge < -0.3 is 11.5 Å². The highest BCUT2D eigenvalue weighted by molar-refractivity contribution is 5.61. The quantitative estimate of drug-likeness (QED) is 0.567. The van der Waals surface area contributed by atoms with Crippen LogP contribution in [0.2, 0.25) is 0 Å². The Bertz CT molecular complexity index is 236. The molecule has 0 bridgehead atoms. The second-order valence-corrected chi connectivity index (χ2v) is 2.15. The van der Waals surface area contributed by atoms with Gasteiger partial charge in [-0.2, -0.15) is 0 Å². The summed E-state index contributed by atoms with van der Waals surface area (Å²) < 4.78 is 0. The normalized spacial score (nSPS) is 9.20. The van der Waals surface area contributed by atoms with Crippen molar-refractivity contribution in [3.05, 3.63) is 36.4 Å². The van der Waals surface area contributed by atoms with Gasteiger partial charge in [0.15, 0.2) is 0 Å². The van der Waals surface area contributed by atoms with Crippen LogP contribution < -0.4 is 11.5 Å². The largest absolute Gasteiger partial charge is 0.399 e. The highest BCUT2D eigenvalue weighted by Crippen LogP contribution is 2.09. The van der Waals surface area contributed by atoms with Crippen molar-refractivity contribution in [3.8, 4) is 0 Å². The van der Waals surface area contributed by atoms with Crippen LogP contribution >= 0.6 is 0 Å². The Balaban J connectivity index is 3.00. The summed E-state index contributed by atoms with van der Waals surface area (Å²) in [6.45, 7) is 3.59. The van der Waals surface area contributed by atoms with E-state index in [2.05, 4.69) is 6.58 Å². The molecule has 2 nitrogen and oxygen atoms in total. The fraction of sp³-hybridized carbons (Fsp3) is 0. The van der Waals surface area contributed by atoms with E-state index in [0.717, 1.165) is 11.3 Å². The minimum Gasteiger partial charge on any atom is -0.399 e. The lowest BCUT2D eigenvalue weighted by atomic mass is 10.2. The predicted molar refractivity (Wildman–Crippen MR) is 44.1 cm³/mol. The van der Waals surface area contributed by atoms with Crippen molar-refractivity contribution in [1.82, 2.24) is 0 Å². The lowest BCUT2D eigenvalue weighted by Gasteiger charge is -1.98. The molecule has 4 N–H and O–H groups in total. The summed E-state index contributed by atoms with van der Waals surface area (Å²) in [6.07, 6.45) is 0. The first-order valence-corrected chi connectivity index (χ1v) is 3.00. The van der Waals surface area contributed by atoms with Crippen LogP contribution in [-0.4, -0.2) is 0 Å². The molecule has 10 heavy (non-hydrogen) atoms. The molecule has 0 aliphatic rings. The van der Waals surface area contributed by atoms with Gasteiger partial charge in [0.1, 0.15) is 0 Å². The number of nitrogens with two attached hydrogens (primary N) is 2. The number of anilines is 1. The molecule has 52 valence electrons. The van der Waals surface area contributed by atoms with Gasteiger partial charge in [0.2, 0.25) is 0 Å². The van der Waals surface area contributed by atoms with E-state index in [9.17, 15) is 0 Å². The summed E-state index contributed by atoms with van der Waals surface area (Å²) in [6, 6.07) is 7.29. The number of hydrogen-bond acceptors (Lipinski definition) is 2. The van der Waals surface area contributed by atoms with Crippen LogP contribution in [0.15, 0.2) is 30.8 Å². The van der Waals surface area contributed by atoms with Crippen molar-refractivity contribution >= 4 is 11.4 Å². The summed E-state index contributed by atoms with van der Waals surface area (Å²) in [7, 11) is 0. The summed E-state index contributed by atoms with van der Waals surface area (Å²) in [5.41, 5.74) is 13.1. The van der Waals surface area contributed by atoms with Gasteiger partial charge >= 0.3 is 0 Å². The molecule has 0 unspecified atom stereocenters. The number of hydrogen-bond donors (Lipinski definition) is 2. The monoisotopic (exact) mass is 134 g/mol. The molecule has 0 atom stereocenters. The lowest BCUT2D eigenvalue weighted by molar-refractivity contribution is 1.53.